The molecule has 0 unspecified atom stereocenters. The van der Waals surface area contributed by atoms with Crippen LogP contribution < -0.4 is 5.46 Å². The first-order valence-corrected chi connectivity index (χ1v) is 10.8. The largest absolute Gasteiger partial charge is 0.139 e. The molecule has 0 amide bonds. The Morgan fingerprint density at radius 1 is 0.387 bits per heavy atom. The van der Waals surface area contributed by atoms with E-state index in [0.717, 1.165) is 0 Å². The summed E-state index contributed by atoms with van der Waals surface area (Å²) in [4.78, 5) is 0. The Bertz CT molecular complexity index is 1580. The summed E-state index contributed by atoms with van der Waals surface area (Å²) < 4.78 is 0. The van der Waals surface area contributed by atoms with Crippen molar-refractivity contribution in [1.82, 2.24) is 0 Å². The molecular weight excluding hydrogens is 371 g/mol. The minimum absolute atomic E-state index is 1.26. The van der Waals surface area contributed by atoms with Crippen LogP contribution in [0.3, 0.4) is 0 Å². The highest BCUT2D eigenvalue weighted by molar-refractivity contribution is 6.34. The Labute approximate surface area is 183 Å². The van der Waals surface area contributed by atoms with Gasteiger partial charge in [0.15, 0.2) is 0 Å². The van der Waals surface area contributed by atoms with Crippen molar-refractivity contribution < 1.29 is 0 Å². The van der Waals surface area contributed by atoms with Gasteiger partial charge >= 0.3 is 0 Å². The molecule has 0 fully saturated rings. The molecule has 0 aliphatic carbocycles. The maximum atomic E-state index is 2.34. The second-order valence-electron chi connectivity index (χ2n) is 8.27. The van der Waals surface area contributed by atoms with E-state index in [1.54, 1.807) is 0 Å². The summed E-state index contributed by atoms with van der Waals surface area (Å²) >= 11 is 0. The summed E-state index contributed by atoms with van der Waals surface area (Å²) in [6.07, 6.45) is 0. The van der Waals surface area contributed by atoms with Gasteiger partial charge in [-0.3, -0.25) is 0 Å². The van der Waals surface area contributed by atoms with Gasteiger partial charge in [-0.1, -0.05) is 115 Å². The van der Waals surface area contributed by atoms with E-state index in [2.05, 4.69) is 123 Å². The number of fused-ring (bicyclic) bond motifs is 3. The molecule has 0 aliphatic heterocycles. The van der Waals surface area contributed by atoms with Crippen LogP contribution in [0.15, 0.2) is 115 Å². The lowest BCUT2D eigenvalue weighted by molar-refractivity contribution is 1.67. The highest BCUT2D eigenvalue weighted by Gasteiger charge is 2.16. The van der Waals surface area contributed by atoms with Gasteiger partial charge in [0.25, 0.3) is 0 Å². The smallest absolute Gasteiger partial charge is 0.0883 e. The van der Waals surface area contributed by atoms with Crippen LogP contribution in [0.4, 0.5) is 0 Å². The molecule has 0 bridgehead atoms. The third-order valence-electron chi connectivity index (χ3n) is 6.28. The van der Waals surface area contributed by atoms with Crippen molar-refractivity contribution in [2.75, 3.05) is 0 Å². The molecule has 0 aromatic heterocycles. The monoisotopic (exact) mass is 392 g/mol. The number of benzene rings is 6. The fourth-order valence-corrected chi connectivity index (χ4v) is 4.86. The van der Waals surface area contributed by atoms with E-state index >= 15 is 0 Å². The Balaban J connectivity index is 1.80. The van der Waals surface area contributed by atoms with Crippen molar-refractivity contribution in [1.29, 1.82) is 0 Å². The standard InChI is InChI=1S/C30H21B/c31-24-16-17-27-28(19-24)29(21-9-2-1-3-10-21)25-12-6-7-13-26(25)30(27)23-15-14-20-8-4-5-11-22(20)18-23/h1-19H,31H2. The average molecular weight is 392 g/mol. The first-order valence-electron chi connectivity index (χ1n) is 10.8. The van der Waals surface area contributed by atoms with Crippen LogP contribution >= 0.6 is 0 Å². The van der Waals surface area contributed by atoms with Gasteiger partial charge in [0, 0.05) is 0 Å². The number of hydrogen-bond donors (Lipinski definition) is 0. The third kappa shape index (κ3) is 2.93. The zero-order valence-electron chi connectivity index (χ0n) is 17.5. The average Bonchev–Trinajstić information content (AvgIpc) is 2.82. The van der Waals surface area contributed by atoms with E-state index in [0.29, 0.717) is 0 Å². The minimum Gasteiger partial charge on any atom is -0.0883 e. The maximum absolute atomic E-state index is 2.34. The van der Waals surface area contributed by atoms with Crippen LogP contribution in [0.1, 0.15) is 0 Å². The van der Waals surface area contributed by atoms with Crippen LogP contribution in [0.25, 0.3) is 54.6 Å². The summed E-state index contributed by atoms with van der Waals surface area (Å²) in [5, 5.41) is 7.77. The van der Waals surface area contributed by atoms with Gasteiger partial charge in [0.2, 0.25) is 0 Å². The highest BCUT2D eigenvalue weighted by Crippen LogP contribution is 2.43. The lowest BCUT2D eigenvalue weighted by atomic mass is 9.83. The molecular formula is C30H21B. The van der Waals surface area contributed by atoms with Crippen LogP contribution in [0, 0.1) is 0 Å². The van der Waals surface area contributed by atoms with Crippen molar-refractivity contribution in [2.24, 2.45) is 0 Å². The molecule has 0 spiro atoms. The first-order chi connectivity index (χ1) is 15.3. The van der Waals surface area contributed by atoms with Crippen LogP contribution in [-0.4, -0.2) is 7.85 Å². The van der Waals surface area contributed by atoms with E-state index in [1.165, 1.54) is 60.0 Å². The number of hydrogen-bond acceptors (Lipinski definition) is 0. The molecule has 0 N–H and O–H groups in total. The van der Waals surface area contributed by atoms with E-state index in [1.807, 2.05) is 0 Å². The molecule has 0 saturated carbocycles. The van der Waals surface area contributed by atoms with Crippen LogP contribution in [0.2, 0.25) is 0 Å². The first kappa shape index (κ1) is 18.0. The highest BCUT2D eigenvalue weighted by atomic mass is 14.2. The minimum atomic E-state index is 1.26. The van der Waals surface area contributed by atoms with Gasteiger partial charge in [0.1, 0.15) is 7.85 Å². The summed E-state index contributed by atoms with van der Waals surface area (Å²) in [5.74, 6) is 0. The van der Waals surface area contributed by atoms with E-state index in [-0.39, 0.29) is 0 Å². The predicted octanol–water partition coefficient (Wildman–Crippen LogP) is 6.74. The summed E-state index contributed by atoms with van der Waals surface area (Å²) in [7, 11) is 2.18. The third-order valence-corrected chi connectivity index (χ3v) is 6.28. The van der Waals surface area contributed by atoms with Gasteiger partial charge in [-0.05, 0) is 60.6 Å². The Hall–Kier alpha value is -3.84. The lowest BCUT2D eigenvalue weighted by Crippen LogP contribution is -2.01. The molecule has 6 rings (SSSR count). The molecule has 31 heavy (non-hydrogen) atoms. The van der Waals surface area contributed by atoms with Crippen molar-refractivity contribution in [3.8, 4) is 22.3 Å². The molecule has 0 radical (unpaired) electrons. The SMILES string of the molecule is Bc1ccc2c(-c3ccc4ccccc4c3)c3ccccc3c(-c3ccccc3)c2c1. The molecule has 0 aliphatic rings. The molecule has 6 aromatic carbocycles. The Morgan fingerprint density at radius 3 is 1.77 bits per heavy atom. The quantitative estimate of drug-likeness (QED) is 0.226. The lowest BCUT2D eigenvalue weighted by Gasteiger charge is -2.18. The summed E-state index contributed by atoms with van der Waals surface area (Å²) in [6.45, 7) is 0. The second-order valence-corrected chi connectivity index (χ2v) is 8.27. The van der Waals surface area contributed by atoms with E-state index in [9.17, 15) is 0 Å². The van der Waals surface area contributed by atoms with Crippen molar-refractivity contribution in [3.63, 3.8) is 0 Å². The maximum Gasteiger partial charge on any atom is 0.139 e. The fraction of sp³-hybridized carbons (Fsp3) is 0. The molecule has 6 aromatic rings. The summed E-state index contributed by atoms with van der Waals surface area (Å²) in [6, 6.07) is 41.9. The van der Waals surface area contributed by atoms with Gasteiger partial charge < -0.3 is 0 Å². The van der Waals surface area contributed by atoms with E-state index in [4.69, 9.17) is 0 Å². The Morgan fingerprint density at radius 2 is 1.00 bits per heavy atom. The van der Waals surface area contributed by atoms with Gasteiger partial charge in [-0.15, -0.1) is 0 Å². The van der Waals surface area contributed by atoms with Crippen LogP contribution in [0.5, 0.6) is 0 Å². The van der Waals surface area contributed by atoms with Gasteiger partial charge in [-0.2, -0.15) is 0 Å². The predicted molar refractivity (Wildman–Crippen MR) is 138 cm³/mol. The van der Waals surface area contributed by atoms with Gasteiger partial charge in [0.05, 0.1) is 0 Å². The summed E-state index contributed by atoms with van der Waals surface area (Å²) in [5.41, 5.74) is 6.45. The molecule has 0 heterocycles. The van der Waals surface area contributed by atoms with E-state index < -0.39 is 0 Å². The normalized spacial score (nSPS) is 11.4. The van der Waals surface area contributed by atoms with Crippen LogP contribution in [-0.2, 0) is 0 Å². The van der Waals surface area contributed by atoms with Gasteiger partial charge in [-0.25, -0.2) is 0 Å². The number of rotatable bonds is 2. The Kier molecular flexibility index (Phi) is 4.14. The molecule has 0 nitrogen and oxygen atoms in total. The van der Waals surface area contributed by atoms with Crippen molar-refractivity contribution >= 4 is 45.6 Å². The fourth-order valence-electron chi connectivity index (χ4n) is 4.86. The zero-order chi connectivity index (χ0) is 20.8. The zero-order valence-corrected chi connectivity index (χ0v) is 17.5. The van der Waals surface area contributed by atoms with Crippen molar-refractivity contribution in [2.45, 2.75) is 0 Å². The second kappa shape index (κ2) is 7.14. The molecule has 0 saturated heterocycles. The molecule has 144 valence electrons. The topological polar surface area (TPSA) is 0 Å². The molecule has 1 heteroatoms. The molecule has 0 atom stereocenters. The van der Waals surface area contributed by atoms with Crippen molar-refractivity contribution in [3.05, 3.63) is 115 Å².